The highest BCUT2D eigenvalue weighted by Crippen LogP contribution is 2.29. The van der Waals surface area contributed by atoms with Gasteiger partial charge < -0.3 is 11.1 Å². The number of nitrogens with zero attached hydrogens (tertiary/aromatic N) is 2. The van der Waals surface area contributed by atoms with Crippen molar-refractivity contribution in [3.63, 3.8) is 0 Å². The van der Waals surface area contributed by atoms with Crippen molar-refractivity contribution in [1.29, 1.82) is 0 Å². The van der Waals surface area contributed by atoms with Gasteiger partial charge in [0.15, 0.2) is 0 Å². The van der Waals surface area contributed by atoms with Gasteiger partial charge in [0, 0.05) is 12.1 Å². The van der Waals surface area contributed by atoms with Crippen molar-refractivity contribution in [1.82, 2.24) is 9.97 Å². The molecule has 0 aliphatic heterocycles. The molecule has 0 spiro atoms. The molecule has 2 aromatic rings. The Kier molecular flexibility index (Phi) is 3.37. The summed E-state index contributed by atoms with van der Waals surface area (Å²) in [5.41, 5.74) is 6.83. The largest absolute Gasteiger partial charge is 0.366 e. The van der Waals surface area contributed by atoms with Gasteiger partial charge in [-0.2, -0.15) is 4.98 Å². The van der Waals surface area contributed by atoms with Crippen LogP contribution in [-0.2, 0) is 0 Å². The monoisotopic (exact) mass is 282 g/mol. The molecule has 1 fully saturated rings. The summed E-state index contributed by atoms with van der Waals surface area (Å²) in [6.45, 7) is 0. The Bertz CT molecular complexity index is 548. The fourth-order valence-electron chi connectivity index (χ4n) is 2.39. The van der Waals surface area contributed by atoms with Crippen molar-refractivity contribution >= 4 is 39.0 Å². The molecule has 6 heteroatoms. The summed E-state index contributed by atoms with van der Waals surface area (Å²) in [5.74, 6) is 0.862. The predicted molar refractivity (Wildman–Crippen MR) is 76.3 cm³/mol. The second-order valence-electron chi connectivity index (χ2n) is 4.73. The van der Waals surface area contributed by atoms with Crippen molar-refractivity contribution in [3.05, 3.63) is 16.7 Å². The van der Waals surface area contributed by atoms with Crippen LogP contribution >= 0.6 is 22.9 Å². The van der Waals surface area contributed by atoms with Gasteiger partial charge in [0.05, 0.1) is 10.2 Å². The van der Waals surface area contributed by atoms with Crippen LogP contribution in [0.1, 0.15) is 25.7 Å². The van der Waals surface area contributed by atoms with Crippen molar-refractivity contribution in [2.24, 2.45) is 5.73 Å². The number of halogens is 1. The lowest BCUT2D eigenvalue weighted by Gasteiger charge is -2.27. The Morgan fingerprint density at radius 3 is 2.83 bits per heavy atom. The van der Waals surface area contributed by atoms with Crippen LogP contribution < -0.4 is 11.1 Å². The van der Waals surface area contributed by atoms with Crippen LogP contribution in [0.4, 0.5) is 5.82 Å². The molecule has 18 heavy (non-hydrogen) atoms. The van der Waals surface area contributed by atoms with Crippen LogP contribution in [0.15, 0.2) is 11.4 Å². The highest BCUT2D eigenvalue weighted by atomic mass is 35.5. The molecule has 3 rings (SSSR count). The molecular weight excluding hydrogens is 268 g/mol. The van der Waals surface area contributed by atoms with Gasteiger partial charge in [0.1, 0.15) is 5.82 Å². The van der Waals surface area contributed by atoms with Gasteiger partial charge in [0.25, 0.3) is 0 Å². The third-order valence-electron chi connectivity index (χ3n) is 3.39. The Morgan fingerprint density at radius 2 is 2.06 bits per heavy atom. The number of thiophene rings is 1. The first kappa shape index (κ1) is 12.1. The maximum atomic E-state index is 5.94. The molecule has 0 saturated heterocycles. The number of hydrogen-bond donors (Lipinski definition) is 2. The van der Waals surface area contributed by atoms with Gasteiger partial charge in [-0.05, 0) is 48.7 Å². The summed E-state index contributed by atoms with van der Waals surface area (Å²) in [5, 5.41) is 5.80. The summed E-state index contributed by atoms with van der Waals surface area (Å²) >= 11 is 7.58. The first-order valence-electron chi connectivity index (χ1n) is 6.15. The molecule has 0 atom stereocenters. The van der Waals surface area contributed by atoms with E-state index in [-0.39, 0.29) is 0 Å². The lowest BCUT2D eigenvalue weighted by Crippen LogP contribution is -2.33. The highest BCUT2D eigenvalue weighted by molar-refractivity contribution is 7.17. The standard InChI is InChI=1S/C12H15ClN4S/c13-12-16-9-5-6-18-10(9)11(17-12)15-8-3-1-7(14)2-4-8/h5-8H,1-4,14H2,(H,15,16,17)/t7-,8-. The van der Waals surface area contributed by atoms with Gasteiger partial charge in [-0.15, -0.1) is 11.3 Å². The molecule has 0 bridgehead atoms. The summed E-state index contributed by atoms with van der Waals surface area (Å²) in [6, 6.07) is 2.77. The van der Waals surface area contributed by atoms with E-state index in [1.165, 1.54) is 0 Å². The molecule has 0 radical (unpaired) electrons. The highest BCUT2D eigenvalue weighted by Gasteiger charge is 2.20. The zero-order valence-corrected chi connectivity index (χ0v) is 11.5. The maximum absolute atomic E-state index is 5.94. The summed E-state index contributed by atoms with van der Waals surface area (Å²) in [4.78, 5) is 8.52. The molecule has 1 aliphatic rings. The van der Waals surface area contributed by atoms with Crippen molar-refractivity contribution in [2.75, 3.05) is 5.32 Å². The van der Waals surface area contributed by atoms with E-state index >= 15 is 0 Å². The minimum atomic E-state index is 0.302. The smallest absolute Gasteiger partial charge is 0.224 e. The number of nitrogens with one attached hydrogen (secondary N) is 1. The first-order chi connectivity index (χ1) is 8.72. The zero-order chi connectivity index (χ0) is 12.5. The predicted octanol–water partition coefficient (Wildman–Crippen LogP) is 3.03. The first-order valence-corrected chi connectivity index (χ1v) is 7.41. The van der Waals surface area contributed by atoms with Crippen LogP contribution in [0, 0.1) is 0 Å². The second kappa shape index (κ2) is 4.99. The maximum Gasteiger partial charge on any atom is 0.224 e. The third kappa shape index (κ3) is 2.43. The second-order valence-corrected chi connectivity index (χ2v) is 5.99. The molecule has 0 aromatic carbocycles. The van der Waals surface area contributed by atoms with Gasteiger partial charge in [-0.25, -0.2) is 4.98 Å². The van der Waals surface area contributed by atoms with Crippen LogP contribution in [0.5, 0.6) is 0 Å². The van der Waals surface area contributed by atoms with E-state index in [4.69, 9.17) is 17.3 Å². The number of aromatic nitrogens is 2. The number of rotatable bonds is 2. The SMILES string of the molecule is N[C@H]1CC[C@H](Nc2nc(Cl)nc3ccsc23)CC1. The van der Waals surface area contributed by atoms with Crippen LogP contribution in [0.25, 0.3) is 10.2 Å². The molecule has 3 N–H and O–H groups in total. The molecule has 0 amide bonds. The van der Waals surface area contributed by atoms with E-state index in [0.717, 1.165) is 41.7 Å². The molecule has 96 valence electrons. The average molecular weight is 283 g/mol. The van der Waals surface area contributed by atoms with Crippen LogP contribution in [-0.4, -0.2) is 22.1 Å². The van der Waals surface area contributed by atoms with Gasteiger partial charge >= 0.3 is 0 Å². The van der Waals surface area contributed by atoms with E-state index in [0.29, 0.717) is 17.4 Å². The van der Waals surface area contributed by atoms with Crippen molar-refractivity contribution in [2.45, 2.75) is 37.8 Å². The van der Waals surface area contributed by atoms with Gasteiger partial charge in [-0.1, -0.05) is 0 Å². The molecule has 2 heterocycles. The molecule has 0 unspecified atom stereocenters. The summed E-state index contributed by atoms with van der Waals surface area (Å²) in [7, 11) is 0. The molecule has 4 nitrogen and oxygen atoms in total. The Hall–Kier alpha value is -0.910. The minimum absolute atomic E-state index is 0.302. The van der Waals surface area contributed by atoms with Crippen molar-refractivity contribution < 1.29 is 0 Å². The summed E-state index contributed by atoms with van der Waals surface area (Å²) in [6.07, 6.45) is 4.33. The number of anilines is 1. The fraction of sp³-hybridized carbons (Fsp3) is 0.500. The number of hydrogen-bond acceptors (Lipinski definition) is 5. The number of nitrogens with two attached hydrogens (primary N) is 1. The third-order valence-corrected chi connectivity index (χ3v) is 4.47. The van der Waals surface area contributed by atoms with E-state index < -0.39 is 0 Å². The zero-order valence-electron chi connectivity index (χ0n) is 9.90. The van der Waals surface area contributed by atoms with Crippen molar-refractivity contribution in [3.8, 4) is 0 Å². The molecule has 1 saturated carbocycles. The van der Waals surface area contributed by atoms with E-state index in [1.807, 2.05) is 11.4 Å². The van der Waals surface area contributed by atoms with Gasteiger partial charge in [-0.3, -0.25) is 0 Å². The van der Waals surface area contributed by atoms with Crippen LogP contribution in [0.2, 0.25) is 5.28 Å². The Balaban J connectivity index is 1.83. The van der Waals surface area contributed by atoms with Crippen LogP contribution in [0.3, 0.4) is 0 Å². The number of fused-ring (bicyclic) bond motifs is 1. The minimum Gasteiger partial charge on any atom is -0.366 e. The van der Waals surface area contributed by atoms with Gasteiger partial charge in [0.2, 0.25) is 5.28 Å². The Morgan fingerprint density at radius 1 is 1.28 bits per heavy atom. The van der Waals surface area contributed by atoms with E-state index in [2.05, 4.69) is 15.3 Å². The van der Waals surface area contributed by atoms with E-state index in [1.54, 1.807) is 11.3 Å². The molecule has 1 aliphatic carbocycles. The quantitative estimate of drug-likeness (QED) is 0.831. The Labute approximate surface area is 115 Å². The molecule has 2 aromatic heterocycles. The topological polar surface area (TPSA) is 63.8 Å². The normalized spacial score (nSPS) is 24.3. The van der Waals surface area contributed by atoms with E-state index in [9.17, 15) is 0 Å². The lowest BCUT2D eigenvalue weighted by atomic mass is 9.92. The lowest BCUT2D eigenvalue weighted by molar-refractivity contribution is 0.410. The summed E-state index contributed by atoms with van der Waals surface area (Å²) < 4.78 is 1.08. The molecular formula is C12H15ClN4S. The average Bonchev–Trinajstić information content (AvgIpc) is 2.80. The fourth-order valence-corrected chi connectivity index (χ4v) is 3.35.